The third-order valence-corrected chi connectivity index (χ3v) is 7.39. The summed E-state index contributed by atoms with van der Waals surface area (Å²) in [5, 5.41) is 11.2. The van der Waals surface area contributed by atoms with E-state index in [1.165, 1.54) is 30.1 Å². The van der Waals surface area contributed by atoms with Crippen molar-refractivity contribution in [2.75, 3.05) is 25.1 Å². The van der Waals surface area contributed by atoms with Gasteiger partial charge in [-0.3, -0.25) is 9.59 Å². The largest absolute Gasteiger partial charge is 0.500 e. The maximum Gasteiger partial charge on any atom is 0.406 e. The van der Waals surface area contributed by atoms with E-state index in [-0.39, 0.29) is 35.9 Å². The number of halogens is 4. The Balaban J connectivity index is 1.33. The molecule has 12 heteroatoms. The van der Waals surface area contributed by atoms with Gasteiger partial charge in [-0.25, -0.2) is 9.07 Å². The standard InChI is InChI=1S/C29H29F4N5O3/c1-41-26-14-19(10-11-21(26)27(39)34-15-18-6-3-2-4-7-18)23-16-38(36-35-23)25-13-12-20-22(30)8-5-9-24(20)37(28(25)40)17-29(31,32)33/h3,5-11,16,19,25H,2,4,12-15,17H2,1H3,(H,34,39). The van der Waals surface area contributed by atoms with Crippen LogP contribution in [0.25, 0.3) is 0 Å². The fourth-order valence-corrected chi connectivity index (χ4v) is 5.31. The number of rotatable bonds is 7. The van der Waals surface area contributed by atoms with Gasteiger partial charge in [0.05, 0.1) is 24.1 Å². The average molecular weight is 572 g/mol. The highest BCUT2D eigenvalue weighted by atomic mass is 19.4. The number of nitrogens with zero attached hydrogens (tertiary/aromatic N) is 4. The molecule has 1 aromatic heterocycles. The smallest absolute Gasteiger partial charge is 0.406 e. The third-order valence-electron chi connectivity index (χ3n) is 7.39. The average Bonchev–Trinajstić information content (AvgIpc) is 3.40. The minimum absolute atomic E-state index is 0.0452. The summed E-state index contributed by atoms with van der Waals surface area (Å²) >= 11 is 0. The van der Waals surface area contributed by atoms with Crippen LogP contribution in [0.3, 0.4) is 0 Å². The van der Waals surface area contributed by atoms with Crippen molar-refractivity contribution >= 4 is 17.5 Å². The van der Waals surface area contributed by atoms with E-state index < -0.39 is 30.5 Å². The highest BCUT2D eigenvalue weighted by Crippen LogP contribution is 2.36. The molecule has 2 aromatic rings. The van der Waals surface area contributed by atoms with Crippen molar-refractivity contribution in [3.63, 3.8) is 0 Å². The van der Waals surface area contributed by atoms with Crippen LogP contribution in [0.5, 0.6) is 0 Å². The molecule has 2 amide bonds. The number of alkyl halides is 3. The number of carbonyl (C=O) groups excluding carboxylic acids is 2. The minimum Gasteiger partial charge on any atom is -0.500 e. The van der Waals surface area contributed by atoms with Gasteiger partial charge in [0.1, 0.15) is 24.2 Å². The van der Waals surface area contributed by atoms with Crippen LogP contribution in [0.1, 0.15) is 48.9 Å². The van der Waals surface area contributed by atoms with Gasteiger partial charge in [-0.15, -0.1) is 5.10 Å². The quantitative estimate of drug-likeness (QED) is 0.481. The molecule has 41 heavy (non-hydrogen) atoms. The van der Waals surface area contributed by atoms with Gasteiger partial charge in [0, 0.05) is 30.6 Å². The van der Waals surface area contributed by atoms with Crippen molar-refractivity contribution in [2.24, 2.45) is 0 Å². The number of fused-ring (bicyclic) bond motifs is 1. The number of ether oxygens (including phenoxy) is 1. The van der Waals surface area contributed by atoms with E-state index in [1.807, 2.05) is 6.08 Å². The second kappa shape index (κ2) is 11.7. The van der Waals surface area contributed by atoms with Crippen LogP contribution in [0.15, 0.2) is 71.7 Å². The van der Waals surface area contributed by atoms with Gasteiger partial charge in [0.2, 0.25) is 0 Å². The first kappa shape index (κ1) is 28.3. The van der Waals surface area contributed by atoms with Crippen LogP contribution in [-0.2, 0) is 20.7 Å². The van der Waals surface area contributed by atoms with E-state index in [0.717, 1.165) is 24.5 Å². The monoisotopic (exact) mass is 571 g/mol. The molecule has 1 aromatic carbocycles. The minimum atomic E-state index is -4.69. The van der Waals surface area contributed by atoms with Gasteiger partial charge in [-0.05, 0) is 49.5 Å². The summed E-state index contributed by atoms with van der Waals surface area (Å²) < 4.78 is 61.6. The Kier molecular flexibility index (Phi) is 8.09. The molecule has 0 saturated heterocycles. The van der Waals surface area contributed by atoms with Crippen molar-refractivity contribution < 1.29 is 31.9 Å². The van der Waals surface area contributed by atoms with Crippen LogP contribution < -0.4 is 10.2 Å². The molecule has 2 aliphatic carbocycles. The van der Waals surface area contributed by atoms with E-state index >= 15 is 0 Å². The van der Waals surface area contributed by atoms with Crippen LogP contribution in [0, 0.1) is 5.82 Å². The first-order valence-electron chi connectivity index (χ1n) is 13.3. The number of anilines is 1. The molecule has 2 atom stereocenters. The zero-order valence-electron chi connectivity index (χ0n) is 22.3. The van der Waals surface area contributed by atoms with Gasteiger partial charge >= 0.3 is 6.18 Å². The molecule has 0 bridgehead atoms. The zero-order valence-corrected chi connectivity index (χ0v) is 22.3. The molecule has 216 valence electrons. The number of methoxy groups -OCH3 is 1. The number of hydrogen-bond donors (Lipinski definition) is 1. The van der Waals surface area contributed by atoms with Crippen molar-refractivity contribution in [3.8, 4) is 0 Å². The van der Waals surface area contributed by atoms with Crippen LogP contribution in [0.2, 0.25) is 0 Å². The summed E-state index contributed by atoms with van der Waals surface area (Å²) in [4.78, 5) is 26.8. The van der Waals surface area contributed by atoms with Crippen LogP contribution >= 0.6 is 0 Å². The van der Waals surface area contributed by atoms with E-state index in [1.54, 1.807) is 12.2 Å². The normalized spacial score (nSPS) is 21.0. The summed E-state index contributed by atoms with van der Waals surface area (Å²) in [6, 6.07) is 2.66. The Morgan fingerprint density at radius 1 is 1.22 bits per heavy atom. The summed E-state index contributed by atoms with van der Waals surface area (Å²) in [5.41, 5.74) is 1.83. The van der Waals surface area contributed by atoms with Gasteiger partial charge < -0.3 is 15.0 Å². The molecule has 1 aliphatic heterocycles. The highest BCUT2D eigenvalue weighted by Gasteiger charge is 2.40. The number of aromatic nitrogens is 3. The summed E-state index contributed by atoms with van der Waals surface area (Å²) in [6.07, 6.45) is 8.69. The van der Waals surface area contributed by atoms with Gasteiger partial charge in [0.15, 0.2) is 0 Å². The molecule has 1 N–H and O–H groups in total. The molecule has 0 saturated carbocycles. The molecule has 0 spiro atoms. The van der Waals surface area contributed by atoms with Crippen LogP contribution in [-0.4, -0.2) is 53.2 Å². The van der Waals surface area contributed by atoms with Crippen molar-refractivity contribution in [1.82, 2.24) is 20.3 Å². The van der Waals surface area contributed by atoms with Gasteiger partial charge in [-0.1, -0.05) is 35.6 Å². The van der Waals surface area contributed by atoms with Crippen molar-refractivity contribution in [1.29, 1.82) is 0 Å². The first-order valence-corrected chi connectivity index (χ1v) is 13.3. The Morgan fingerprint density at radius 3 is 2.78 bits per heavy atom. The fourth-order valence-electron chi connectivity index (χ4n) is 5.31. The number of benzene rings is 1. The molecule has 0 fully saturated rings. The summed E-state index contributed by atoms with van der Waals surface area (Å²) in [5.74, 6) is -1.69. The molecule has 8 nitrogen and oxygen atoms in total. The molecule has 2 unspecified atom stereocenters. The van der Waals surface area contributed by atoms with Crippen molar-refractivity contribution in [3.05, 3.63) is 88.8 Å². The fraction of sp³-hybridized carbons (Fsp3) is 0.379. The Labute approximate surface area is 234 Å². The number of amides is 2. The Hall–Kier alpha value is -4.22. The number of carbonyl (C=O) groups is 2. The Morgan fingerprint density at radius 2 is 2.05 bits per heavy atom. The lowest BCUT2D eigenvalue weighted by molar-refractivity contribution is -0.134. The van der Waals surface area contributed by atoms with E-state index in [2.05, 4.69) is 27.8 Å². The van der Waals surface area contributed by atoms with Gasteiger partial charge in [-0.2, -0.15) is 13.2 Å². The lowest BCUT2D eigenvalue weighted by atomic mass is 9.92. The zero-order chi connectivity index (χ0) is 29.1. The maximum absolute atomic E-state index is 14.6. The topological polar surface area (TPSA) is 89.4 Å². The van der Waals surface area contributed by atoms with Crippen molar-refractivity contribution in [2.45, 2.75) is 50.2 Å². The maximum atomic E-state index is 14.6. The Bertz CT molecular complexity index is 1460. The summed E-state index contributed by atoms with van der Waals surface area (Å²) in [6.45, 7) is -1.15. The van der Waals surface area contributed by atoms with Crippen LogP contribution in [0.4, 0.5) is 23.2 Å². The second-order valence-electron chi connectivity index (χ2n) is 10.1. The second-order valence-corrected chi connectivity index (χ2v) is 10.1. The summed E-state index contributed by atoms with van der Waals surface area (Å²) in [7, 11) is 1.47. The van der Waals surface area contributed by atoms with Gasteiger partial charge in [0.25, 0.3) is 11.8 Å². The molecule has 3 aliphatic rings. The number of nitrogens with one attached hydrogen (secondary N) is 1. The van der Waals surface area contributed by atoms with E-state index in [0.29, 0.717) is 34.9 Å². The van der Waals surface area contributed by atoms with E-state index in [4.69, 9.17) is 4.74 Å². The molecular formula is C29H29F4N5O3. The number of hydrogen-bond acceptors (Lipinski definition) is 5. The predicted octanol–water partition coefficient (Wildman–Crippen LogP) is 4.84. The number of allylic oxidation sites excluding steroid dienone is 4. The highest BCUT2D eigenvalue weighted by molar-refractivity contribution is 5.98. The SMILES string of the molecule is COC1=C(C(=O)NCC2=CCCC=C2)C=CC(c2cn(C3CCc4c(F)cccc4N(CC(F)(F)F)C3=O)nn2)C1. The molecule has 2 heterocycles. The molecular weight excluding hydrogens is 542 g/mol. The lowest BCUT2D eigenvalue weighted by Crippen LogP contribution is -2.42. The molecule has 0 radical (unpaired) electrons. The third kappa shape index (κ3) is 6.26. The van der Waals surface area contributed by atoms with E-state index in [9.17, 15) is 27.2 Å². The predicted molar refractivity (Wildman–Crippen MR) is 142 cm³/mol. The lowest BCUT2D eigenvalue weighted by Gasteiger charge is -2.26. The molecule has 5 rings (SSSR count). The first-order chi connectivity index (χ1) is 19.6.